The largest absolute Gasteiger partial charge is 0.384 e. The van der Waals surface area contributed by atoms with Crippen molar-refractivity contribution >= 4 is 0 Å². The predicted molar refractivity (Wildman–Crippen MR) is 90.6 cm³/mol. The van der Waals surface area contributed by atoms with Crippen LogP contribution in [-0.4, -0.2) is 27.4 Å². The second-order valence-corrected chi connectivity index (χ2v) is 7.84. The van der Waals surface area contributed by atoms with Gasteiger partial charge in [-0.1, -0.05) is 40.0 Å². The van der Waals surface area contributed by atoms with E-state index < -0.39 is 0 Å². The molecule has 2 heteroatoms. The summed E-state index contributed by atoms with van der Waals surface area (Å²) in [5.41, 5.74) is 0.245. The Balaban J connectivity index is 2.68. The van der Waals surface area contributed by atoms with Crippen molar-refractivity contribution in [1.29, 1.82) is 0 Å². The zero-order valence-electron chi connectivity index (χ0n) is 15.1. The molecule has 2 nitrogen and oxygen atoms in total. The van der Waals surface area contributed by atoms with E-state index >= 15 is 0 Å². The van der Waals surface area contributed by atoms with E-state index in [1.165, 1.54) is 51.4 Å². The lowest BCUT2D eigenvalue weighted by Crippen LogP contribution is -2.40. The Bertz CT molecular complexity index is 250. The molecule has 0 saturated heterocycles. The van der Waals surface area contributed by atoms with Gasteiger partial charge in [0.25, 0.3) is 0 Å². The first-order chi connectivity index (χ1) is 10.0. The van der Waals surface area contributed by atoms with E-state index in [-0.39, 0.29) is 5.41 Å². The standard InChI is InChI=1S/C19H38O2/c1-16(2)13-17(3)11-12-19(14-20-4,15-21-5)18-9-7-6-8-10-18/h16-18H,6-15H2,1-5H3. The van der Waals surface area contributed by atoms with Crippen molar-refractivity contribution in [2.45, 2.75) is 72.1 Å². The maximum atomic E-state index is 5.65. The first-order valence-electron chi connectivity index (χ1n) is 9.02. The molecule has 0 heterocycles. The van der Waals surface area contributed by atoms with Gasteiger partial charge in [-0.2, -0.15) is 0 Å². The van der Waals surface area contributed by atoms with Crippen LogP contribution >= 0.6 is 0 Å². The Hall–Kier alpha value is -0.0800. The van der Waals surface area contributed by atoms with Crippen LogP contribution in [0.5, 0.6) is 0 Å². The molecule has 1 aliphatic carbocycles. The molecule has 1 atom stereocenters. The van der Waals surface area contributed by atoms with Crippen LogP contribution in [-0.2, 0) is 9.47 Å². The quantitative estimate of drug-likeness (QED) is 0.544. The number of ether oxygens (including phenoxy) is 2. The first kappa shape index (κ1) is 19.0. The van der Waals surface area contributed by atoms with Crippen LogP contribution in [0.2, 0.25) is 0 Å². The SMILES string of the molecule is COCC(CCC(C)CC(C)C)(COC)C1CCCCC1. The second kappa shape index (κ2) is 9.84. The molecule has 0 bridgehead atoms. The summed E-state index contributed by atoms with van der Waals surface area (Å²) in [6, 6.07) is 0. The second-order valence-electron chi connectivity index (χ2n) is 7.84. The third-order valence-corrected chi connectivity index (χ3v) is 5.34. The van der Waals surface area contributed by atoms with E-state index in [2.05, 4.69) is 20.8 Å². The molecule has 0 aromatic rings. The van der Waals surface area contributed by atoms with Crippen molar-refractivity contribution in [2.24, 2.45) is 23.2 Å². The lowest BCUT2D eigenvalue weighted by molar-refractivity contribution is -0.0496. The average Bonchev–Trinajstić information content (AvgIpc) is 2.45. The van der Waals surface area contributed by atoms with Gasteiger partial charge in [0.2, 0.25) is 0 Å². The van der Waals surface area contributed by atoms with Gasteiger partial charge in [-0.3, -0.25) is 0 Å². The summed E-state index contributed by atoms with van der Waals surface area (Å²) in [6.45, 7) is 8.79. The smallest absolute Gasteiger partial charge is 0.0543 e. The molecule has 1 fully saturated rings. The topological polar surface area (TPSA) is 18.5 Å². The van der Waals surface area contributed by atoms with E-state index in [1.807, 2.05) is 14.2 Å². The molecule has 0 spiro atoms. The first-order valence-corrected chi connectivity index (χ1v) is 9.02. The Morgan fingerprint density at radius 2 is 1.52 bits per heavy atom. The third-order valence-electron chi connectivity index (χ3n) is 5.34. The normalized spacial score (nSPS) is 19.1. The van der Waals surface area contributed by atoms with E-state index in [9.17, 15) is 0 Å². The lowest BCUT2D eigenvalue weighted by atomic mass is 9.66. The molecule has 0 aromatic heterocycles. The Kier molecular flexibility index (Phi) is 8.89. The van der Waals surface area contributed by atoms with Crippen LogP contribution in [0.1, 0.15) is 72.1 Å². The van der Waals surface area contributed by atoms with Crippen LogP contribution in [0.4, 0.5) is 0 Å². The zero-order valence-corrected chi connectivity index (χ0v) is 15.1. The van der Waals surface area contributed by atoms with Crippen LogP contribution in [0.25, 0.3) is 0 Å². The molecule has 0 amide bonds. The summed E-state index contributed by atoms with van der Waals surface area (Å²) < 4.78 is 11.3. The van der Waals surface area contributed by atoms with E-state index in [4.69, 9.17) is 9.47 Å². The molecular weight excluding hydrogens is 260 g/mol. The van der Waals surface area contributed by atoms with E-state index in [0.29, 0.717) is 0 Å². The Morgan fingerprint density at radius 3 is 2.00 bits per heavy atom. The summed E-state index contributed by atoms with van der Waals surface area (Å²) in [5.74, 6) is 2.40. The van der Waals surface area contributed by atoms with Gasteiger partial charge in [-0.05, 0) is 49.9 Å². The minimum absolute atomic E-state index is 0.245. The highest BCUT2D eigenvalue weighted by atomic mass is 16.5. The maximum Gasteiger partial charge on any atom is 0.0543 e. The maximum absolute atomic E-state index is 5.65. The highest BCUT2D eigenvalue weighted by Crippen LogP contribution is 2.43. The van der Waals surface area contributed by atoms with Crippen molar-refractivity contribution in [2.75, 3.05) is 27.4 Å². The minimum Gasteiger partial charge on any atom is -0.384 e. The number of methoxy groups -OCH3 is 2. The van der Waals surface area contributed by atoms with E-state index in [0.717, 1.165) is 31.0 Å². The van der Waals surface area contributed by atoms with Crippen molar-refractivity contribution in [3.8, 4) is 0 Å². The predicted octanol–water partition coefficient (Wildman–Crippen LogP) is 5.31. The van der Waals surface area contributed by atoms with Crippen LogP contribution in [0.15, 0.2) is 0 Å². The highest BCUT2D eigenvalue weighted by molar-refractivity contribution is 4.89. The molecule has 1 saturated carbocycles. The van der Waals surface area contributed by atoms with Crippen molar-refractivity contribution in [3.63, 3.8) is 0 Å². The van der Waals surface area contributed by atoms with Gasteiger partial charge >= 0.3 is 0 Å². The summed E-state index contributed by atoms with van der Waals surface area (Å²) >= 11 is 0. The molecule has 0 N–H and O–H groups in total. The monoisotopic (exact) mass is 298 g/mol. The molecule has 21 heavy (non-hydrogen) atoms. The Morgan fingerprint density at radius 1 is 0.952 bits per heavy atom. The Labute approximate surface area is 133 Å². The zero-order chi connectivity index (χ0) is 15.7. The fourth-order valence-electron chi connectivity index (χ4n) is 4.37. The van der Waals surface area contributed by atoms with Gasteiger partial charge in [-0.25, -0.2) is 0 Å². The molecule has 1 unspecified atom stereocenters. The van der Waals surface area contributed by atoms with Gasteiger partial charge in [-0.15, -0.1) is 0 Å². The molecule has 1 rings (SSSR count). The number of rotatable bonds is 10. The highest BCUT2D eigenvalue weighted by Gasteiger charge is 2.39. The molecule has 126 valence electrons. The van der Waals surface area contributed by atoms with Crippen molar-refractivity contribution in [1.82, 2.24) is 0 Å². The van der Waals surface area contributed by atoms with Gasteiger partial charge in [0, 0.05) is 19.6 Å². The summed E-state index contributed by atoms with van der Waals surface area (Å²) in [7, 11) is 3.70. The van der Waals surface area contributed by atoms with E-state index in [1.54, 1.807) is 0 Å². The fourth-order valence-corrected chi connectivity index (χ4v) is 4.37. The van der Waals surface area contributed by atoms with Crippen molar-refractivity contribution < 1.29 is 9.47 Å². The van der Waals surface area contributed by atoms with Gasteiger partial charge in [0.05, 0.1) is 13.2 Å². The molecule has 0 aromatic carbocycles. The number of hydrogen-bond acceptors (Lipinski definition) is 2. The molecule has 1 aliphatic rings. The van der Waals surface area contributed by atoms with Crippen LogP contribution in [0.3, 0.4) is 0 Å². The third kappa shape index (κ3) is 6.28. The van der Waals surface area contributed by atoms with Gasteiger partial charge in [0.15, 0.2) is 0 Å². The van der Waals surface area contributed by atoms with Gasteiger partial charge in [0.1, 0.15) is 0 Å². The minimum atomic E-state index is 0.245. The van der Waals surface area contributed by atoms with Gasteiger partial charge < -0.3 is 9.47 Å². The summed E-state index contributed by atoms with van der Waals surface area (Å²) in [5, 5.41) is 0. The number of hydrogen-bond donors (Lipinski definition) is 0. The molecule has 0 radical (unpaired) electrons. The average molecular weight is 299 g/mol. The molecular formula is C19H38O2. The lowest BCUT2D eigenvalue weighted by Gasteiger charge is -2.42. The summed E-state index contributed by atoms with van der Waals surface area (Å²) in [4.78, 5) is 0. The van der Waals surface area contributed by atoms with Crippen LogP contribution < -0.4 is 0 Å². The van der Waals surface area contributed by atoms with Crippen LogP contribution in [0, 0.1) is 23.2 Å². The molecule has 0 aliphatic heterocycles. The fraction of sp³-hybridized carbons (Fsp3) is 1.00. The van der Waals surface area contributed by atoms with Crippen molar-refractivity contribution in [3.05, 3.63) is 0 Å². The summed E-state index contributed by atoms with van der Waals surface area (Å²) in [6.07, 6.45) is 10.8.